The van der Waals surface area contributed by atoms with E-state index in [-0.39, 0.29) is 11.4 Å². The van der Waals surface area contributed by atoms with E-state index < -0.39 is 0 Å². The van der Waals surface area contributed by atoms with E-state index >= 15 is 0 Å². The van der Waals surface area contributed by atoms with Gasteiger partial charge in [-0.2, -0.15) is 0 Å². The summed E-state index contributed by atoms with van der Waals surface area (Å²) in [7, 11) is 1.65. The zero-order chi connectivity index (χ0) is 7.61. The van der Waals surface area contributed by atoms with Crippen LogP contribution in [0.5, 0.6) is 0 Å². The molecule has 0 saturated heterocycles. The molecular formula is C7H13NO2. The van der Waals surface area contributed by atoms with E-state index in [1.807, 2.05) is 0 Å². The Morgan fingerprint density at radius 1 is 1.70 bits per heavy atom. The van der Waals surface area contributed by atoms with Crippen LogP contribution >= 0.6 is 0 Å². The molecule has 0 aromatic rings. The first kappa shape index (κ1) is 7.54. The van der Waals surface area contributed by atoms with Gasteiger partial charge in [0.05, 0.1) is 12.1 Å². The standard InChI is InChI=1S/C7H13NO2/c1-6(9)8-7(3-4-7)5-10-2/h3-5H2,1-2H3,(H,8,9). The second-order valence-corrected chi connectivity index (χ2v) is 2.89. The summed E-state index contributed by atoms with van der Waals surface area (Å²) in [5.74, 6) is 0.0366. The highest BCUT2D eigenvalue weighted by atomic mass is 16.5. The van der Waals surface area contributed by atoms with Crippen LogP contribution < -0.4 is 5.32 Å². The van der Waals surface area contributed by atoms with Gasteiger partial charge in [-0.3, -0.25) is 4.79 Å². The third kappa shape index (κ3) is 1.70. The highest BCUT2D eigenvalue weighted by molar-refractivity contribution is 5.74. The lowest BCUT2D eigenvalue weighted by Crippen LogP contribution is -2.38. The summed E-state index contributed by atoms with van der Waals surface area (Å²) in [5.41, 5.74) is 0.000579. The van der Waals surface area contributed by atoms with Gasteiger partial charge < -0.3 is 10.1 Å². The van der Waals surface area contributed by atoms with Crippen LogP contribution in [0.1, 0.15) is 19.8 Å². The van der Waals surface area contributed by atoms with Gasteiger partial charge in [-0.1, -0.05) is 0 Å². The van der Waals surface area contributed by atoms with Crippen molar-refractivity contribution in [2.45, 2.75) is 25.3 Å². The molecule has 1 aliphatic rings. The quantitative estimate of drug-likeness (QED) is 0.617. The lowest BCUT2D eigenvalue weighted by atomic mass is 10.3. The van der Waals surface area contributed by atoms with Crippen LogP contribution in [0.15, 0.2) is 0 Å². The fraction of sp³-hybridized carbons (Fsp3) is 0.857. The molecule has 1 fully saturated rings. The second kappa shape index (κ2) is 2.58. The molecule has 0 radical (unpaired) electrons. The lowest BCUT2D eigenvalue weighted by molar-refractivity contribution is -0.120. The predicted molar refractivity (Wildman–Crippen MR) is 37.7 cm³/mol. The van der Waals surface area contributed by atoms with E-state index in [1.54, 1.807) is 7.11 Å². The van der Waals surface area contributed by atoms with Gasteiger partial charge in [-0.15, -0.1) is 0 Å². The lowest BCUT2D eigenvalue weighted by Gasteiger charge is -2.13. The molecule has 1 saturated carbocycles. The minimum Gasteiger partial charge on any atom is -0.382 e. The van der Waals surface area contributed by atoms with Gasteiger partial charge in [0.1, 0.15) is 0 Å². The number of carbonyl (C=O) groups excluding carboxylic acids is 1. The van der Waals surface area contributed by atoms with Crippen LogP contribution in [0.25, 0.3) is 0 Å². The summed E-state index contributed by atoms with van der Waals surface area (Å²) >= 11 is 0. The maximum atomic E-state index is 10.6. The molecule has 0 heterocycles. The molecule has 1 N–H and O–H groups in total. The van der Waals surface area contributed by atoms with E-state index in [9.17, 15) is 4.79 Å². The normalized spacial score (nSPS) is 20.2. The summed E-state index contributed by atoms with van der Waals surface area (Å²) < 4.78 is 4.96. The van der Waals surface area contributed by atoms with Crippen molar-refractivity contribution in [3.05, 3.63) is 0 Å². The molecule has 0 aliphatic heterocycles. The molecule has 0 spiro atoms. The maximum Gasteiger partial charge on any atom is 0.217 e. The number of nitrogens with one attached hydrogen (secondary N) is 1. The SMILES string of the molecule is COCC1(NC(C)=O)CC1. The minimum absolute atomic E-state index is 0.000579. The number of amides is 1. The third-order valence-corrected chi connectivity index (χ3v) is 1.72. The highest BCUT2D eigenvalue weighted by Crippen LogP contribution is 2.35. The first-order valence-electron chi connectivity index (χ1n) is 3.46. The largest absolute Gasteiger partial charge is 0.382 e. The molecule has 3 nitrogen and oxygen atoms in total. The van der Waals surface area contributed by atoms with Gasteiger partial charge in [0.25, 0.3) is 0 Å². The Morgan fingerprint density at radius 3 is 2.60 bits per heavy atom. The van der Waals surface area contributed by atoms with Crippen LogP contribution in [0, 0.1) is 0 Å². The van der Waals surface area contributed by atoms with Crippen molar-refractivity contribution < 1.29 is 9.53 Å². The second-order valence-electron chi connectivity index (χ2n) is 2.89. The van der Waals surface area contributed by atoms with Crippen molar-refractivity contribution in [2.24, 2.45) is 0 Å². The van der Waals surface area contributed by atoms with Crippen LogP contribution in [-0.2, 0) is 9.53 Å². The highest BCUT2D eigenvalue weighted by Gasteiger charge is 2.43. The Balaban J connectivity index is 2.30. The molecule has 0 atom stereocenters. The first-order valence-corrected chi connectivity index (χ1v) is 3.46. The van der Waals surface area contributed by atoms with Crippen molar-refractivity contribution in [1.82, 2.24) is 5.32 Å². The van der Waals surface area contributed by atoms with Crippen LogP contribution in [0.2, 0.25) is 0 Å². The van der Waals surface area contributed by atoms with Crippen LogP contribution in [0.3, 0.4) is 0 Å². The molecule has 3 heteroatoms. The van der Waals surface area contributed by atoms with Crippen LogP contribution in [0.4, 0.5) is 0 Å². The number of ether oxygens (including phenoxy) is 1. The van der Waals surface area contributed by atoms with Crippen molar-refractivity contribution in [1.29, 1.82) is 0 Å². The monoisotopic (exact) mass is 143 g/mol. The smallest absolute Gasteiger partial charge is 0.217 e. The molecule has 0 bridgehead atoms. The van der Waals surface area contributed by atoms with E-state index in [1.165, 1.54) is 6.92 Å². The van der Waals surface area contributed by atoms with Gasteiger partial charge in [0, 0.05) is 14.0 Å². The molecule has 0 aromatic carbocycles. The zero-order valence-corrected chi connectivity index (χ0v) is 6.44. The van der Waals surface area contributed by atoms with Crippen LogP contribution in [-0.4, -0.2) is 25.2 Å². The Morgan fingerprint density at radius 2 is 2.30 bits per heavy atom. The number of rotatable bonds is 3. The Labute approximate surface area is 60.7 Å². The van der Waals surface area contributed by atoms with Crippen molar-refractivity contribution >= 4 is 5.91 Å². The van der Waals surface area contributed by atoms with Crippen molar-refractivity contribution in [2.75, 3.05) is 13.7 Å². The first-order chi connectivity index (χ1) is 4.68. The molecule has 0 aromatic heterocycles. The van der Waals surface area contributed by atoms with Gasteiger partial charge >= 0.3 is 0 Å². The molecule has 10 heavy (non-hydrogen) atoms. The van der Waals surface area contributed by atoms with E-state index in [0.717, 1.165) is 12.8 Å². The minimum atomic E-state index is 0.000579. The average Bonchev–Trinajstić information content (AvgIpc) is 2.47. The van der Waals surface area contributed by atoms with E-state index in [2.05, 4.69) is 5.32 Å². The van der Waals surface area contributed by atoms with Gasteiger partial charge in [0.2, 0.25) is 5.91 Å². The average molecular weight is 143 g/mol. The Hall–Kier alpha value is -0.570. The van der Waals surface area contributed by atoms with Gasteiger partial charge in [0.15, 0.2) is 0 Å². The fourth-order valence-corrected chi connectivity index (χ4v) is 1.11. The molecular weight excluding hydrogens is 130 g/mol. The summed E-state index contributed by atoms with van der Waals surface area (Å²) in [6.07, 6.45) is 2.11. The topological polar surface area (TPSA) is 38.3 Å². The summed E-state index contributed by atoms with van der Waals surface area (Å²) in [5, 5.41) is 2.87. The van der Waals surface area contributed by atoms with Crippen molar-refractivity contribution in [3.8, 4) is 0 Å². The molecule has 1 rings (SSSR count). The van der Waals surface area contributed by atoms with Gasteiger partial charge in [-0.25, -0.2) is 0 Å². The fourth-order valence-electron chi connectivity index (χ4n) is 1.11. The summed E-state index contributed by atoms with van der Waals surface area (Å²) in [6.45, 7) is 2.18. The number of carbonyl (C=O) groups is 1. The van der Waals surface area contributed by atoms with E-state index in [4.69, 9.17) is 4.74 Å². The van der Waals surface area contributed by atoms with Gasteiger partial charge in [-0.05, 0) is 12.8 Å². The Kier molecular flexibility index (Phi) is 1.94. The predicted octanol–water partition coefficient (Wildman–Crippen LogP) is 0.301. The number of methoxy groups -OCH3 is 1. The molecule has 0 unspecified atom stereocenters. The maximum absolute atomic E-state index is 10.6. The zero-order valence-electron chi connectivity index (χ0n) is 6.44. The number of hydrogen-bond acceptors (Lipinski definition) is 2. The molecule has 1 amide bonds. The number of hydrogen-bond donors (Lipinski definition) is 1. The van der Waals surface area contributed by atoms with Crippen molar-refractivity contribution in [3.63, 3.8) is 0 Å². The third-order valence-electron chi connectivity index (χ3n) is 1.72. The summed E-state index contributed by atoms with van der Waals surface area (Å²) in [4.78, 5) is 10.6. The Bertz CT molecular complexity index is 141. The summed E-state index contributed by atoms with van der Waals surface area (Å²) in [6, 6.07) is 0. The van der Waals surface area contributed by atoms with E-state index in [0.29, 0.717) is 6.61 Å². The molecule has 1 aliphatic carbocycles. The molecule has 58 valence electrons.